The molecule has 6 heteroatoms. The number of rotatable bonds is 3. The molecule has 1 aromatic heterocycles. The van der Waals surface area contributed by atoms with Crippen LogP contribution in [0.5, 0.6) is 0 Å². The maximum atomic E-state index is 11.9. The van der Waals surface area contributed by atoms with Crippen LogP contribution in [0.4, 0.5) is 0 Å². The third kappa shape index (κ3) is 3.26. The molecule has 17 heavy (non-hydrogen) atoms. The molecule has 0 aliphatic rings. The second-order valence-electron chi connectivity index (χ2n) is 5.37. The van der Waals surface area contributed by atoms with Crippen molar-refractivity contribution in [3.05, 3.63) is 12.2 Å². The van der Waals surface area contributed by atoms with Gasteiger partial charge in [-0.1, -0.05) is 20.8 Å². The van der Waals surface area contributed by atoms with E-state index in [2.05, 4.69) is 15.5 Å². The molecular weight excluding hydrogens is 218 g/mol. The van der Waals surface area contributed by atoms with Crippen molar-refractivity contribution in [1.29, 1.82) is 0 Å². The van der Waals surface area contributed by atoms with Crippen LogP contribution in [0, 0.1) is 5.41 Å². The first-order valence-corrected chi connectivity index (χ1v) is 5.63. The normalized spacial score (nSPS) is 15.4. The Morgan fingerprint density at radius 3 is 2.53 bits per heavy atom. The number of hydrogen-bond acceptors (Lipinski definition) is 4. The third-order valence-corrected chi connectivity index (χ3v) is 2.71. The summed E-state index contributed by atoms with van der Waals surface area (Å²) in [6, 6.07) is -0.749. The summed E-state index contributed by atoms with van der Waals surface area (Å²) in [4.78, 5) is 11.9. The van der Waals surface area contributed by atoms with E-state index in [4.69, 9.17) is 5.73 Å². The van der Waals surface area contributed by atoms with Crippen LogP contribution in [-0.4, -0.2) is 26.7 Å². The molecule has 1 rings (SSSR count). The molecule has 0 fully saturated rings. The fourth-order valence-electron chi connectivity index (χ4n) is 1.45. The number of nitrogens with zero attached hydrogens (tertiary/aromatic N) is 3. The fourth-order valence-corrected chi connectivity index (χ4v) is 1.45. The Bertz CT molecular complexity index is 393. The number of amides is 1. The van der Waals surface area contributed by atoms with E-state index in [1.165, 1.54) is 0 Å². The minimum absolute atomic E-state index is 0.173. The third-order valence-electron chi connectivity index (χ3n) is 2.71. The summed E-state index contributed by atoms with van der Waals surface area (Å²) in [5.74, 6) is 0.535. The fraction of sp³-hybridized carbons (Fsp3) is 0.727. The Balaban J connectivity index is 2.67. The number of nitrogens with one attached hydrogen (secondary N) is 1. The Hall–Kier alpha value is -1.43. The Labute approximate surface area is 102 Å². The van der Waals surface area contributed by atoms with Gasteiger partial charge < -0.3 is 15.6 Å². The van der Waals surface area contributed by atoms with E-state index in [1.807, 2.05) is 34.7 Å². The average molecular weight is 239 g/mol. The van der Waals surface area contributed by atoms with Crippen molar-refractivity contribution in [2.24, 2.45) is 18.2 Å². The molecule has 0 aliphatic carbocycles. The zero-order valence-electron chi connectivity index (χ0n) is 11.1. The van der Waals surface area contributed by atoms with Gasteiger partial charge in [-0.15, -0.1) is 10.2 Å². The van der Waals surface area contributed by atoms with Gasteiger partial charge in [-0.2, -0.15) is 0 Å². The summed E-state index contributed by atoms with van der Waals surface area (Å²) in [5.41, 5.74) is 5.62. The number of carbonyl (C=O) groups is 1. The first kappa shape index (κ1) is 13.6. The van der Waals surface area contributed by atoms with E-state index in [0.29, 0.717) is 5.82 Å². The second-order valence-corrected chi connectivity index (χ2v) is 5.37. The van der Waals surface area contributed by atoms with Crippen LogP contribution in [0.3, 0.4) is 0 Å². The van der Waals surface area contributed by atoms with Gasteiger partial charge in [-0.05, 0) is 12.3 Å². The largest absolute Gasteiger partial charge is 0.345 e. The van der Waals surface area contributed by atoms with E-state index < -0.39 is 6.04 Å². The van der Waals surface area contributed by atoms with Crippen LogP contribution < -0.4 is 11.1 Å². The van der Waals surface area contributed by atoms with E-state index in [1.54, 1.807) is 10.9 Å². The summed E-state index contributed by atoms with van der Waals surface area (Å²) in [7, 11) is 1.83. The highest BCUT2D eigenvalue weighted by atomic mass is 16.2. The summed E-state index contributed by atoms with van der Waals surface area (Å²) in [5, 5.41) is 10.6. The van der Waals surface area contributed by atoms with Gasteiger partial charge in [0, 0.05) is 7.05 Å². The van der Waals surface area contributed by atoms with Crippen molar-refractivity contribution in [1.82, 2.24) is 20.1 Å². The predicted molar refractivity (Wildman–Crippen MR) is 65.0 cm³/mol. The molecule has 96 valence electrons. The van der Waals surface area contributed by atoms with Crippen molar-refractivity contribution in [3.63, 3.8) is 0 Å². The Morgan fingerprint density at radius 1 is 1.53 bits per heavy atom. The van der Waals surface area contributed by atoms with Gasteiger partial charge in [0.05, 0.1) is 12.1 Å². The lowest BCUT2D eigenvalue weighted by Crippen LogP contribution is -2.49. The SMILES string of the molecule is CC(NC(=O)[C@@H](N)C(C)(C)C)c1nncn1C. The van der Waals surface area contributed by atoms with E-state index in [0.717, 1.165) is 0 Å². The van der Waals surface area contributed by atoms with Crippen LogP contribution >= 0.6 is 0 Å². The smallest absolute Gasteiger partial charge is 0.238 e. The summed E-state index contributed by atoms with van der Waals surface area (Å²) >= 11 is 0. The molecule has 0 aromatic carbocycles. The molecule has 0 saturated heterocycles. The first-order chi connectivity index (χ1) is 7.73. The molecule has 1 heterocycles. The summed E-state index contributed by atoms with van der Waals surface area (Å²) in [6.45, 7) is 7.66. The standard InChI is InChI=1S/C11H21N5O/c1-7(9-15-13-6-16(9)5)14-10(17)8(12)11(2,3)4/h6-8H,12H2,1-5H3,(H,14,17)/t7?,8-/m1/s1. The number of nitrogens with two attached hydrogens (primary N) is 1. The minimum atomic E-state index is -0.543. The van der Waals surface area contributed by atoms with Gasteiger partial charge in [0.15, 0.2) is 5.82 Å². The van der Waals surface area contributed by atoms with Crippen LogP contribution in [0.2, 0.25) is 0 Å². The van der Waals surface area contributed by atoms with Crippen molar-refractivity contribution in [2.75, 3.05) is 0 Å². The van der Waals surface area contributed by atoms with E-state index in [-0.39, 0.29) is 17.4 Å². The van der Waals surface area contributed by atoms with Crippen LogP contribution in [0.1, 0.15) is 39.6 Å². The molecule has 1 unspecified atom stereocenters. The topological polar surface area (TPSA) is 85.8 Å². The molecule has 0 saturated carbocycles. The molecule has 0 radical (unpaired) electrons. The van der Waals surface area contributed by atoms with Crippen molar-refractivity contribution >= 4 is 5.91 Å². The monoisotopic (exact) mass is 239 g/mol. The van der Waals surface area contributed by atoms with Gasteiger partial charge in [-0.3, -0.25) is 4.79 Å². The number of aryl methyl sites for hydroxylation is 1. The lowest BCUT2D eigenvalue weighted by atomic mass is 9.87. The molecule has 0 aliphatic heterocycles. The maximum absolute atomic E-state index is 11.9. The zero-order chi connectivity index (χ0) is 13.2. The molecule has 1 amide bonds. The van der Waals surface area contributed by atoms with Gasteiger partial charge in [0.25, 0.3) is 0 Å². The predicted octanol–water partition coefficient (Wildman–Crippen LogP) is 0.366. The Morgan fingerprint density at radius 2 is 2.12 bits per heavy atom. The molecule has 0 spiro atoms. The summed E-state index contributed by atoms with van der Waals surface area (Å²) in [6.07, 6.45) is 1.60. The molecule has 0 bridgehead atoms. The maximum Gasteiger partial charge on any atom is 0.238 e. The van der Waals surface area contributed by atoms with Crippen molar-refractivity contribution in [3.8, 4) is 0 Å². The van der Waals surface area contributed by atoms with E-state index in [9.17, 15) is 4.79 Å². The minimum Gasteiger partial charge on any atom is -0.345 e. The molecule has 3 N–H and O–H groups in total. The van der Waals surface area contributed by atoms with Gasteiger partial charge in [-0.25, -0.2) is 0 Å². The van der Waals surface area contributed by atoms with Crippen LogP contribution in [-0.2, 0) is 11.8 Å². The number of hydrogen-bond donors (Lipinski definition) is 2. The first-order valence-electron chi connectivity index (χ1n) is 5.63. The molecular formula is C11H21N5O. The number of carbonyl (C=O) groups excluding carboxylic acids is 1. The van der Waals surface area contributed by atoms with Gasteiger partial charge in [0.2, 0.25) is 5.91 Å². The lowest BCUT2D eigenvalue weighted by molar-refractivity contribution is -0.125. The molecule has 1 aromatic rings. The Kier molecular flexibility index (Phi) is 3.87. The summed E-state index contributed by atoms with van der Waals surface area (Å²) < 4.78 is 1.77. The van der Waals surface area contributed by atoms with E-state index >= 15 is 0 Å². The number of aromatic nitrogens is 3. The van der Waals surface area contributed by atoms with Gasteiger partial charge in [0.1, 0.15) is 6.33 Å². The second kappa shape index (κ2) is 4.83. The van der Waals surface area contributed by atoms with Crippen molar-refractivity contribution in [2.45, 2.75) is 39.8 Å². The average Bonchev–Trinajstić information content (AvgIpc) is 2.61. The van der Waals surface area contributed by atoms with Crippen LogP contribution in [0.25, 0.3) is 0 Å². The molecule has 6 nitrogen and oxygen atoms in total. The highest BCUT2D eigenvalue weighted by Gasteiger charge is 2.28. The lowest BCUT2D eigenvalue weighted by Gasteiger charge is -2.27. The quantitative estimate of drug-likeness (QED) is 0.797. The van der Waals surface area contributed by atoms with Crippen molar-refractivity contribution < 1.29 is 4.79 Å². The van der Waals surface area contributed by atoms with Crippen LogP contribution in [0.15, 0.2) is 6.33 Å². The molecule has 2 atom stereocenters. The highest BCUT2D eigenvalue weighted by Crippen LogP contribution is 2.18. The van der Waals surface area contributed by atoms with Gasteiger partial charge >= 0.3 is 0 Å². The highest BCUT2D eigenvalue weighted by molar-refractivity contribution is 5.82. The zero-order valence-corrected chi connectivity index (χ0v) is 11.1.